The molecule has 1 heterocycles. The van der Waals surface area contributed by atoms with Crippen molar-refractivity contribution in [3.63, 3.8) is 0 Å². The molecule has 6 heteroatoms. The fourth-order valence-corrected chi connectivity index (χ4v) is 3.88. The van der Waals surface area contributed by atoms with Gasteiger partial charge in [-0.05, 0) is 16.7 Å². The largest absolute Gasteiger partial charge is 0.394 e. The molecule has 1 N–H and O–H groups in total. The Kier molecular flexibility index (Phi) is 8.58. The second-order valence-corrected chi connectivity index (χ2v) is 7.99. The summed E-state index contributed by atoms with van der Waals surface area (Å²) in [4.78, 5) is 0. The van der Waals surface area contributed by atoms with E-state index in [2.05, 4.69) is 0 Å². The van der Waals surface area contributed by atoms with Gasteiger partial charge in [-0.15, -0.1) is 0 Å². The summed E-state index contributed by atoms with van der Waals surface area (Å²) in [6, 6.07) is 28.9. The topological polar surface area (TPSA) is 57.2 Å². The Hall–Kier alpha value is -2.61. The molecule has 0 amide bonds. The Morgan fingerprint density at radius 1 is 0.606 bits per heavy atom. The Labute approximate surface area is 193 Å². The molecule has 1 saturated heterocycles. The standard InChI is InChI=1S/C27H29FO5/c28-27-26(32-19-22-14-8-3-9-15-22)25(31-18-21-12-6-2-7-13-21)24(23(16-29)33-27)30-17-20-10-4-1-5-11-20/h1-15,23-27,29H,16-19H2/t23?,24-,25+,26?,27+/m0/s1. The van der Waals surface area contributed by atoms with E-state index in [1.807, 2.05) is 91.0 Å². The van der Waals surface area contributed by atoms with Crippen LogP contribution in [-0.4, -0.2) is 42.5 Å². The minimum Gasteiger partial charge on any atom is -0.394 e. The molecule has 0 aromatic heterocycles. The zero-order valence-electron chi connectivity index (χ0n) is 18.3. The van der Waals surface area contributed by atoms with Gasteiger partial charge < -0.3 is 24.1 Å². The first kappa shape index (κ1) is 23.5. The Morgan fingerprint density at radius 2 is 1.00 bits per heavy atom. The van der Waals surface area contributed by atoms with E-state index in [-0.39, 0.29) is 19.8 Å². The summed E-state index contributed by atoms with van der Waals surface area (Å²) in [5.41, 5.74) is 2.82. The van der Waals surface area contributed by atoms with Crippen molar-refractivity contribution in [1.82, 2.24) is 0 Å². The first-order valence-electron chi connectivity index (χ1n) is 11.1. The van der Waals surface area contributed by atoms with Crippen molar-refractivity contribution in [3.8, 4) is 0 Å². The Balaban J connectivity index is 1.53. The summed E-state index contributed by atoms with van der Waals surface area (Å²) >= 11 is 0. The summed E-state index contributed by atoms with van der Waals surface area (Å²) in [5, 5.41) is 9.91. The maximum absolute atomic E-state index is 15.1. The quantitative estimate of drug-likeness (QED) is 0.493. The lowest BCUT2D eigenvalue weighted by atomic mass is 9.98. The van der Waals surface area contributed by atoms with Gasteiger partial charge in [-0.1, -0.05) is 91.0 Å². The summed E-state index contributed by atoms with van der Waals surface area (Å²) in [7, 11) is 0. The molecule has 3 aromatic rings. The second kappa shape index (κ2) is 12.0. The van der Waals surface area contributed by atoms with Gasteiger partial charge in [0.25, 0.3) is 0 Å². The average molecular weight is 453 g/mol. The van der Waals surface area contributed by atoms with Crippen LogP contribution in [0.3, 0.4) is 0 Å². The lowest BCUT2D eigenvalue weighted by Crippen LogP contribution is -2.59. The highest BCUT2D eigenvalue weighted by Crippen LogP contribution is 2.30. The summed E-state index contributed by atoms with van der Waals surface area (Å²) in [6.45, 7) is 0.345. The molecule has 3 aromatic carbocycles. The molecule has 1 aliphatic heterocycles. The number of hydrogen-bond acceptors (Lipinski definition) is 5. The van der Waals surface area contributed by atoms with E-state index in [0.29, 0.717) is 0 Å². The normalized spacial score (nSPS) is 25.1. The van der Waals surface area contributed by atoms with Gasteiger partial charge in [-0.2, -0.15) is 0 Å². The lowest BCUT2D eigenvalue weighted by molar-refractivity contribution is -0.296. The zero-order chi connectivity index (χ0) is 22.9. The monoisotopic (exact) mass is 452 g/mol. The van der Waals surface area contributed by atoms with Gasteiger partial charge in [-0.25, -0.2) is 4.39 Å². The van der Waals surface area contributed by atoms with Crippen LogP contribution >= 0.6 is 0 Å². The van der Waals surface area contributed by atoms with Crippen LogP contribution in [0.1, 0.15) is 16.7 Å². The van der Waals surface area contributed by atoms with Crippen LogP contribution < -0.4 is 0 Å². The van der Waals surface area contributed by atoms with Gasteiger partial charge in [0, 0.05) is 0 Å². The maximum Gasteiger partial charge on any atom is 0.228 e. The van der Waals surface area contributed by atoms with Crippen LogP contribution in [0.4, 0.5) is 4.39 Å². The Bertz CT molecular complexity index is 941. The van der Waals surface area contributed by atoms with E-state index in [4.69, 9.17) is 18.9 Å². The third-order valence-electron chi connectivity index (χ3n) is 5.61. The summed E-state index contributed by atoms with van der Waals surface area (Å²) in [5.74, 6) is 0. The van der Waals surface area contributed by atoms with Crippen LogP contribution in [0, 0.1) is 0 Å². The molecule has 0 spiro atoms. The van der Waals surface area contributed by atoms with Crippen molar-refractivity contribution in [3.05, 3.63) is 108 Å². The molecule has 2 unspecified atom stereocenters. The van der Waals surface area contributed by atoms with E-state index in [1.165, 1.54) is 0 Å². The molecule has 0 saturated carbocycles. The molecule has 0 bridgehead atoms. The number of benzene rings is 3. The van der Waals surface area contributed by atoms with Crippen LogP contribution in [0.15, 0.2) is 91.0 Å². The number of rotatable bonds is 10. The number of aliphatic hydroxyl groups is 1. The van der Waals surface area contributed by atoms with Crippen molar-refractivity contribution >= 4 is 0 Å². The minimum absolute atomic E-state index is 0.204. The van der Waals surface area contributed by atoms with Crippen LogP contribution in [0.2, 0.25) is 0 Å². The molecule has 1 aliphatic rings. The van der Waals surface area contributed by atoms with Crippen molar-refractivity contribution in [1.29, 1.82) is 0 Å². The van der Waals surface area contributed by atoms with E-state index in [9.17, 15) is 5.11 Å². The van der Waals surface area contributed by atoms with Crippen LogP contribution in [-0.2, 0) is 38.8 Å². The van der Waals surface area contributed by atoms with Crippen molar-refractivity contribution in [2.75, 3.05) is 6.61 Å². The van der Waals surface area contributed by atoms with Crippen molar-refractivity contribution in [2.45, 2.75) is 50.6 Å². The number of halogens is 1. The third-order valence-corrected chi connectivity index (χ3v) is 5.61. The van der Waals surface area contributed by atoms with Gasteiger partial charge in [0.1, 0.15) is 24.4 Å². The summed E-state index contributed by atoms with van der Waals surface area (Å²) in [6.07, 6.45) is -5.15. The van der Waals surface area contributed by atoms with Gasteiger partial charge >= 0.3 is 0 Å². The minimum atomic E-state index is -1.76. The highest BCUT2D eigenvalue weighted by atomic mass is 19.1. The number of alkyl halides is 1. The smallest absolute Gasteiger partial charge is 0.228 e. The predicted octanol–water partition coefficient (Wildman–Crippen LogP) is 4.43. The predicted molar refractivity (Wildman–Crippen MR) is 122 cm³/mol. The van der Waals surface area contributed by atoms with E-state index in [1.54, 1.807) is 0 Å². The van der Waals surface area contributed by atoms with Gasteiger partial charge in [0.2, 0.25) is 6.36 Å². The first-order valence-corrected chi connectivity index (χ1v) is 11.1. The first-order chi connectivity index (χ1) is 16.2. The molecular weight excluding hydrogens is 423 g/mol. The van der Waals surface area contributed by atoms with Gasteiger partial charge in [0.15, 0.2) is 0 Å². The zero-order valence-corrected chi connectivity index (χ0v) is 18.3. The van der Waals surface area contributed by atoms with Gasteiger partial charge in [0.05, 0.1) is 26.4 Å². The molecule has 5 nitrogen and oxygen atoms in total. The molecule has 4 rings (SSSR count). The number of hydrogen-bond donors (Lipinski definition) is 1. The Morgan fingerprint density at radius 3 is 1.42 bits per heavy atom. The fourth-order valence-electron chi connectivity index (χ4n) is 3.88. The lowest BCUT2D eigenvalue weighted by Gasteiger charge is -2.43. The molecule has 5 atom stereocenters. The van der Waals surface area contributed by atoms with Crippen LogP contribution in [0.5, 0.6) is 0 Å². The molecule has 0 radical (unpaired) electrons. The van der Waals surface area contributed by atoms with E-state index in [0.717, 1.165) is 16.7 Å². The average Bonchev–Trinajstić information content (AvgIpc) is 2.87. The van der Waals surface area contributed by atoms with E-state index >= 15 is 4.39 Å². The summed E-state index contributed by atoms with van der Waals surface area (Å²) < 4.78 is 38.9. The van der Waals surface area contributed by atoms with Crippen molar-refractivity contribution < 1.29 is 28.4 Å². The second-order valence-electron chi connectivity index (χ2n) is 7.99. The maximum atomic E-state index is 15.1. The third kappa shape index (κ3) is 6.47. The number of ether oxygens (including phenoxy) is 4. The SMILES string of the molecule is OCC1O[C@@H](F)C(OCc2ccccc2)[C@H](OCc2ccccc2)[C@H]1OCc1ccccc1. The van der Waals surface area contributed by atoms with Crippen molar-refractivity contribution in [2.24, 2.45) is 0 Å². The van der Waals surface area contributed by atoms with Gasteiger partial charge in [-0.3, -0.25) is 0 Å². The van der Waals surface area contributed by atoms with Crippen LogP contribution in [0.25, 0.3) is 0 Å². The molecule has 174 valence electrons. The molecular formula is C27H29FO5. The molecule has 33 heavy (non-hydrogen) atoms. The van der Waals surface area contributed by atoms with E-state index < -0.39 is 37.4 Å². The fraction of sp³-hybridized carbons (Fsp3) is 0.333. The molecule has 1 fully saturated rings. The highest BCUT2D eigenvalue weighted by Gasteiger charge is 2.48. The highest BCUT2D eigenvalue weighted by molar-refractivity contribution is 5.15. The molecule has 0 aliphatic carbocycles. The number of aliphatic hydroxyl groups excluding tert-OH is 1.